The van der Waals surface area contributed by atoms with Gasteiger partial charge in [-0.05, 0) is 23.6 Å². The Balaban J connectivity index is 2.67. The molecule has 0 saturated heterocycles. The van der Waals surface area contributed by atoms with Crippen molar-refractivity contribution in [2.45, 2.75) is 0 Å². The van der Waals surface area contributed by atoms with Crippen LogP contribution in [0.4, 0.5) is 0 Å². The molecule has 0 fully saturated rings. The highest BCUT2D eigenvalue weighted by molar-refractivity contribution is 5.80. The third-order valence-electron chi connectivity index (χ3n) is 1.63. The lowest BCUT2D eigenvalue weighted by Gasteiger charge is -1.94. The lowest BCUT2D eigenvalue weighted by molar-refractivity contribution is -0.137. The van der Waals surface area contributed by atoms with E-state index in [2.05, 4.69) is 9.87 Å². The van der Waals surface area contributed by atoms with Crippen molar-refractivity contribution in [3.63, 3.8) is 0 Å². The highest BCUT2D eigenvalue weighted by atomic mass is 17.1. The third-order valence-corrected chi connectivity index (χ3v) is 1.63. The van der Waals surface area contributed by atoms with E-state index < -0.39 is 0 Å². The zero-order valence-electron chi connectivity index (χ0n) is 5.74. The molecule has 1 aromatic heterocycles. The number of benzene rings is 1. The lowest BCUT2D eigenvalue weighted by atomic mass is 10.2. The summed E-state index contributed by atoms with van der Waals surface area (Å²) in [5, 5.41) is 9.42. The minimum Gasteiger partial charge on any atom is -0.361 e. The molecule has 0 amide bonds. The van der Waals surface area contributed by atoms with E-state index >= 15 is 0 Å². The number of aromatic amines is 1. The van der Waals surface area contributed by atoms with Crippen LogP contribution < -0.4 is 4.89 Å². The monoisotopic (exact) mass is 149 g/mol. The van der Waals surface area contributed by atoms with Crippen molar-refractivity contribution < 1.29 is 10.1 Å². The minimum absolute atomic E-state index is 0.444. The van der Waals surface area contributed by atoms with Crippen LogP contribution in [0.1, 0.15) is 0 Å². The predicted molar refractivity (Wildman–Crippen MR) is 41.6 cm³/mol. The molecule has 3 nitrogen and oxygen atoms in total. The lowest BCUT2D eigenvalue weighted by Crippen LogP contribution is -1.81. The highest BCUT2D eigenvalue weighted by Crippen LogP contribution is 2.18. The molecule has 0 atom stereocenters. The molecule has 0 saturated carbocycles. The van der Waals surface area contributed by atoms with Gasteiger partial charge in [0.25, 0.3) is 0 Å². The van der Waals surface area contributed by atoms with Gasteiger partial charge < -0.3 is 9.87 Å². The first kappa shape index (κ1) is 6.24. The average molecular weight is 149 g/mol. The van der Waals surface area contributed by atoms with Crippen molar-refractivity contribution in [2.24, 2.45) is 0 Å². The van der Waals surface area contributed by atoms with Crippen molar-refractivity contribution in [1.29, 1.82) is 0 Å². The van der Waals surface area contributed by atoms with E-state index in [9.17, 15) is 0 Å². The molecule has 0 aliphatic carbocycles. The smallest absolute Gasteiger partial charge is 0.167 e. The standard InChI is InChI=1S/C8H7NO2/c10-11-7-2-1-6-3-4-9-8(6)5-7/h1-5,9-10H. The summed E-state index contributed by atoms with van der Waals surface area (Å²) in [6, 6.07) is 7.26. The van der Waals surface area contributed by atoms with Crippen LogP contribution in [0.3, 0.4) is 0 Å². The average Bonchev–Trinajstić information content (AvgIpc) is 2.50. The molecule has 2 rings (SSSR count). The zero-order chi connectivity index (χ0) is 7.68. The molecule has 56 valence electrons. The normalized spacial score (nSPS) is 10.3. The topological polar surface area (TPSA) is 45.2 Å². The van der Waals surface area contributed by atoms with Crippen LogP contribution in [0.15, 0.2) is 30.5 Å². The van der Waals surface area contributed by atoms with Crippen LogP contribution >= 0.6 is 0 Å². The first-order valence-electron chi connectivity index (χ1n) is 3.29. The van der Waals surface area contributed by atoms with Gasteiger partial charge in [0.15, 0.2) is 5.75 Å². The second-order valence-electron chi connectivity index (χ2n) is 2.32. The summed E-state index contributed by atoms with van der Waals surface area (Å²) < 4.78 is 0. The maximum Gasteiger partial charge on any atom is 0.167 e. The van der Waals surface area contributed by atoms with Gasteiger partial charge in [-0.25, -0.2) is 5.26 Å². The first-order chi connectivity index (χ1) is 5.40. The Kier molecular flexibility index (Phi) is 1.30. The molecule has 0 unspecified atom stereocenters. The summed E-state index contributed by atoms with van der Waals surface area (Å²) in [4.78, 5) is 7.07. The number of fused-ring (bicyclic) bond motifs is 1. The maximum absolute atomic E-state index is 8.32. The van der Waals surface area contributed by atoms with E-state index in [4.69, 9.17) is 5.26 Å². The van der Waals surface area contributed by atoms with E-state index in [1.807, 2.05) is 18.3 Å². The molecule has 11 heavy (non-hydrogen) atoms. The van der Waals surface area contributed by atoms with Crippen molar-refractivity contribution in [1.82, 2.24) is 4.98 Å². The van der Waals surface area contributed by atoms with E-state index in [0.717, 1.165) is 10.9 Å². The van der Waals surface area contributed by atoms with Crippen LogP contribution in [0.5, 0.6) is 5.75 Å². The molecule has 2 aromatic rings. The third kappa shape index (κ3) is 0.951. The summed E-state index contributed by atoms with van der Waals surface area (Å²) in [6.07, 6.45) is 1.84. The molecular formula is C8H7NO2. The molecule has 0 bridgehead atoms. The molecule has 1 aromatic carbocycles. The molecule has 0 spiro atoms. The van der Waals surface area contributed by atoms with Gasteiger partial charge in [-0.3, -0.25) is 0 Å². The maximum atomic E-state index is 8.32. The largest absolute Gasteiger partial charge is 0.361 e. The summed E-state index contributed by atoms with van der Waals surface area (Å²) >= 11 is 0. The zero-order valence-corrected chi connectivity index (χ0v) is 5.74. The van der Waals surface area contributed by atoms with Gasteiger partial charge >= 0.3 is 0 Å². The predicted octanol–water partition coefficient (Wildman–Crippen LogP) is 2.02. The van der Waals surface area contributed by atoms with Crippen LogP contribution in [-0.4, -0.2) is 10.2 Å². The van der Waals surface area contributed by atoms with Gasteiger partial charge in [0.05, 0.1) is 0 Å². The van der Waals surface area contributed by atoms with E-state index in [1.165, 1.54) is 0 Å². The molecular weight excluding hydrogens is 142 g/mol. The number of H-pyrrole nitrogens is 1. The Bertz CT molecular complexity index is 367. The van der Waals surface area contributed by atoms with E-state index in [-0.39, 0.29) is 0 Å². The molecule has 0 radical (unpaired) electrons. The number of aromatic nitrogens is 1. The van der Waals surface area contributed by atoms with Gasteiger partial charge in [-0.1, -0.05) is 0 Å². The quantitative estimate of drug-likeness (QED) is 0.481. The van der Waals surface area contributed by atoms with E-state index in [0.29, 0.717) is 5.75 Å². The SMILES string of the molecule is OOc1ccc2cc[nH]c2c1. The van der Waals surface area contributed by atoms with Gasteiger partial charge in [-0.2, -0.15) is 0 Å². The van der Waals surface area contributed by atoms with Crippen LogP contribution in [0.2, 0.25) is 0 Å². The Labute approximate surface area is 63.2 Å². The molecule has 1 heterocycles. The minimum atomic E-state index is 0.444. The fourth-order valence-electron chi connectivity index (χ4n) is 1.08. The number of hydrogen-bond donors (Lipinski definition) is 2. The Hall–Kier alpha value is -1.48. The Morgan fingerprint density at radius 3 is 3.00 bits per heavy atom. The van der Waals surface area contributed by atoms with Crippen LogP contribution in [-0.2, 0) is 0 Å². The fraction of sp³-hybridized carbons (Fsp3) is 0. The van der Waals surface area contributed by atoms with Crippen LogP contribution in [0, 0.1) is 0 Å². The number of nitrogens with one attached hydrogen (secondary N) is 1. The molecule has 2 N–H and O–H groups in total. The van der Waals surface area contributed by atoms with E-state index in [1.54, 1.807) is 12.1 Å². The summed E-state index contributed by atoms with van der Waals surface area (Å²) in [5.41, 5.74) is 0.955. The second kappa shape index (κ2) is 2.29. The van der Waals surface area contributed by atoms with Crippen molar-refractivity contribution in [3.05, 3.63) is 30.5 Å². The van der Waals surface area contributed by atoms with Gasteiger partial charge in [0.1, 0.15) is 0 Å². The second-order valence-corrected chi connectivity index (χ2v) is 2.32. The summed E-state index contributed by atoms with van der Waals surface area (Å²) in [6.45, 7) is 0. The van der Waals surface area contributed by atoms with Gasteiger partial charge in [0, 0.05) is 17.8 Å². The first-order valence-corrected chi connectivity index (χ1v) is 3.29. The number of rotatable bonds is 1. The van der Waals surface area contributed by atoms with Gasteiger partial charge in [-0.15, -0.1) is 0 Å². The van der Waals surface area contributed by atoms with Crippen molar-refractivity contribution in [2.75, 3.05) is 0 Å². The number of hydrogen-bond acceptors (Lipinski definition) is 2. The van der Waals surface area contributed by atoms with Crippen molar-refractivity contribution in [3.8, 4) is 5.75 Å². The summed E-state index contributed by atoms with van der Waals surface area (Å²) in [7, 11) is 0. The highest BCUT2D eigenvalue weighted by Gasteiger charge is 1.95. The van der Waals surface area contributed by atoms with Crippen LogP contribution in [0.25, 0.3) is 10.9 Å². The molecule has 0 aliphatic rings. The Morgan fingerprint density at radius 2 is 2.18 bits per heavy atom. The molecule has 0 aliphatic heterocycles. The van der Waals surface area contributed by atoms with Crippen molar-refractivity contribution >= 4 is 10.9 Å². The Morgan fingerprint density at radius 1 is 1.27 bits per heavy atom. The fourth-order valence-corrected chi connectivity index (χ4v) is 1.08. The van der Waals surface area contributed by atoms with Gasteiger partial charge in [0.2, 0.25) is 0 Å². The summed E-state index contributed by atoms with van der Waals surface area (Å²) in [5.74, 6) is 0.444. The molecule has 3 heteroatoms.